The third-order valence-electron chi connectivity index (χ3n) is 3.90. The SMILES string of the molecule is CCCN(CC1CCNCC1)C(=O)c1cccc(Cl)c1Cl. The monoisotopic (exact) mass is 328 g/mol. The Kier molecular flexibility index (Phi) is 6.34. The van der Waals surface area contributed by atoms with E-state index in [1.54, 1.807) is 18.2 Å². The summed E-state index contributed by atoms with van der Waals surface area (Å²) < 4.78 is 0. The van der Waals surface area contributed by atoms with Crippen LogP contribution in [0.25, 0.3) is 0 Å². The highest BCUT2D eigenvalue weighted by atomic mass is 35.5. The van der Waals surface area contributed by atoms with Crippen LogP contribution in [-0.2, 0) is 0 Å². The fourth-order valence-electron chi connectivity index (χ4n) is 2.76. The minimum Gasteiger partial charge on any atom is -0.338 e. The normalized spacial score (nSPS) is 16.0. The van der Waals surface area contributed by atoms with Crippen LogP contribution >= 0.6 is 23.2 Å². The van der Waals surface area contributed by atoms with Gasteiger partial charge in [0.2, 0.25) is 0 Å². The molecule has 1 fully saturated rings. The van der Waals surface area contributed by atoms with Crippen LogP contribution in [0.15, 0.2) is 18.2 Å². The molecule has 5 heteroatoms. The van der Waals surface area contributed by atoms with Crippen molar-refractivity contribution in [2.24, 2.45) is 5.92 Å². The standard InChI is InChI=1S/C16H22Cl2N2O/c1-2-10-20(11-12-6-8-19-9-7-12)16(21)13-4-3-5-14(17)15(13)18/h3-5,12,19H,2,6-11H2,1H3. The summed E-state index contributed by atoms with van der Waals surface area (Å²) in [7, 11) is 0. The number of piperidine rings is 1. The number of rotatable bonds is 5. The lowest BCUT2D eigenvalue weighted by atomic mass is 9.97. The van der Waals surface area contributed by atoms with Gasteiger partial charge in [0, 0.05) is 13.1 Å². The molecule has 1 heterocycles. The number of carbonyl (C=O) groups is 1. The van der Waals surface area contributed by atoms with Crippen molar-refractivity contribution >= 4 is 29.1 Å². The Hall–Kier alpha value is -0.770. The molecule has 1 aromatic rings. The molecular weight excluding hydrogens is 307 g/mol. The first-order chi connectivity index (χ1) is 10.1. The Labute approximate surface area is 136 Å². The van der Waals surface area contributed by atoms with Gasteiger partial charge in [-0.3, -0.25) is 4.79 Å². The largest absolute Gasteiger partial charge is 0.338 e. The van der Waals surface area contributed by atoms with Gasteiger partial charge in [-0.2, -0.15) is 0 Å². The highest BCUT2D eigenvalue weighted by molar-refractivity contribution is 6.43. The minimum atomic E-state index is -0.0112. The topological polar surface area (TPSA) is 32.3 Å². The van der Waals surface area contributed by atoms with Crippen molar-refractivity contribution in [3.8, 4) is 0 Å². The molecule has 0 radical (unpaired) electrons. The summed E-state index contributed by atoms with van der Waals surface area (Å²) in [6.45, 7) is 5.72. The van der Waals surface area contributed by atoms with Gasteiger partial charge in [0.1, 0.15) is 0 Å². The molecule has 3 nitrogen and oxygen atoms in total. The van der Waals surface area contributed by atoms with E-state index in [2.05, 4.69) is 12.2 Å². The van der Waals surface area contributed by atoms with E-state index in [1.807, 2.05) is 4.90 Å². The number of halogens is 2. The second-order valence-electron chi connectivity index (χ2n) is 5.55. The van der Waals surface area contributed by atoms with E-state index in [-0.39, 0.29) is 5.91 Å². The molecule has 1 aliphatic heterocycles. The lowest BCUT2D eigenvalue weighted by molar-refractivity contribution is 0.0716. The molecule has 116 valence electrons. The van der Waals surface area contributed by atoms with Crippen LogP contribution in [-0.4, -0.2) is 37.0 Å². The first-order valence-electron chi connectivity index (χ1n) is 7.57. The summed E-state index contributed by atoms with van der Waals surface area (Å²) in [5, 5.41) is 4.14. The third-order valence-corrected chi connectivity index (χ3v) is 4.72. The zero-order chi connectivity index (χ0) is 15.2. The Morgan fingerprint density at radius 1 is 1.33 bits per heavy atom. The fourth-order valence-corrected chi connectivity index (χ4v) is 3.14. The van der Waals surface area contributed by atoms with Gasteiger partial charge in [-0.05, 0) is 50.4 Å². The van der Waals surface area contributed by atoms with Crippen LogP contribution in [0.4, 0.5) is 0 Å². The van der Waals surface area contributed by atoms with E-state index in [9.17, 15) is 4.79 Å². The molecule has 21 heavy (non-hydrogen) atoms. The van der Waals surface area contributed by atoms with Gasteiger partial charge in [0.25, 0.3) is 5.91 Å². The number of amides is 1. The molecule has 0 atom stereocenters. The highest BCUT2D eigenvalue weighted by Gasteiger charge is 2.23. The zero-order valence-electron chi connectivity index (χ0n) is 12.4. The summed E-state index contributed by atoms with van der Waals surface area (Å²) in [6.07, 6.45) is 3.18. The smallest absolute Gasteiger partial charge is 0.255 e. The highest BCUT2D eigenvalue weighted by Crippen LogP contribution is 2.27. The number of nitrogens with zero attached hydrogens (tertiary/aromatic N) is 1. The first kappa shape index (κ1) is 16.6. The van der Waals surface area contributed by atoms with Crippen molar-refractivity contribution < 1.29 is 4.79 Å². The molecule has 1 amide bonds. The first-order valence-corrected chi connectivity index (χ1v) is 8.33. The quantitative estimate of drug-likeness (QED) is 0.890. The molecule has 0 bridgehead atoms. The summed E-state index contributed by atoms with van der Waals surface area (Å²) in [5.74, 6) is 0.558. The third kappa shape index (κ3) is 4.35. The molecular formula is C16H22Cl2N2O. The molecule has 0 aliphatic carbocycles. The number of hydrogen-bond donors (Lipinski definition) is 1. The lowest BCUT2D eigenvalue weighted by Crippen LogP contribution is -2.39. The van der Waals surface area contributed by atoms with E-state index in [0.717, 1.165) is 45.4 Å². The molecule has 1 aliphatic rings. The predicted octanol–water partition coefficient (Wildman–Crippen LogP) is 3.85. The van der Waals surface area contributed by atoms with E-state index < -0.39 is 0 Å². The Morgan fingerprint density at radius 2 is 2.05 bits per heavy atom. The summed E-state index contributed by atoms with van der Waals surface area (Å²) in [4.78, 5) is 14.7. The van der Waals surface area contributed by atoms with Crippen molar-refractivity contribution in [3.05, 3.63) is 33.8 Å². The molecule has 1 aromatic carbocycles. The molecule has 1 saturated heterocycles. The zero-order valence-corrected chi connectivity index (χ0v) is 13.9. The Morgan fingerprint density at radius 3 is 2.71 bits per heavy atom. The van der Waals surface area contributed by atoms with E-state index in [0.29, 0.717) is 21.5 Å². The second-order valence-corrected chi connectivity index (χ2v) is 6.33. The molecule has 0 unspecified atom stereocenters. The Balaban J connectivity index is 2.12. The van der Waals surface area contributed by atoms with Crippen LogP contribution in [0.2, 0.25) is 10.0 Å². The van der Waals surface area contributed by atoms with Gasteiger partial charge < -0.3 is 10.2 Å². The fraction of sp³-hybridized carbons (Fsp3) is 0.562. The van der Waals surface area contributed by atoms with Crippen molar-refractivity contribution in [1.29, 1.82) is 0 Å². The van der Waals surface area contributed by atoms with E-state index >= 15 is 0 Å². The maximum absolute atomic E-state index is 12.7. The van der Waals surface area contributed by atoms with Crippen LogP contribution in [0, 0.1) is 5.92 Å². The van der Waals surface area contributed by atoms with Gasteiger partial charge in [0.05, 0.1) is 15.6 Å². The maximum atomic E-state index is 12.7. The second kappa shape index (κ2) is 8.02. The average Bonchev–Trinajstić information content (AvgIpc) is 2.50. The van der Waals surface area contributed by atoms with Crippen LogP contribution in [0.1, 0.15) is 36.5 Å². The number of benzene rings is 1. The number of hydrogen-bond acceptors (Lipinski definition) is 2. The molecule has 2 rings (SSSR count). The molecule has 0 aromatic heterocycles. The number of carbonyl (C=O) groups excluding carboxylic acids is 1. The molecule has 1 N–H and O–H groups in total. The van der Waals surface area contributed by atoms with Crippen LogP contribution in [0.5, 0.6) is 0 Å². The van der Waals surface area contributed by atoms with Gasteiger partial charge in [-0.25, -0.2) is 0 Å². The number of nitrogens with one attached hydrogen (secondary N) is 1. The van der Waals surface area contributed by atoms with Crippen molar-refractivity contribution in [2.75, 3.05) is 26.2 Å². The van der Waals surface area contributed by atoms with Crippen molar-refractivity contribution in [1.82, 2.24) is 10.2 Å². The van der Waals surface area contributed by atoms with Crippen molar-refractivity contribution in [2.45, 2.75) is 26.2 Å². The minimum absolute atomic E-state index is 0.0112. The lowest BCUT2D eigenvalue weighted by Gasteiger charge is -2.30. The maximum Gasteiger partial charge on any atom is 0.255 e. The molecule has 0 spiro atoms. The van der Waals surface area contributed by atoms with Crippen LogP contribution < -0.4 is 5.32 Å². The van der Waals surface area contributed by atoms with Gasteiger partial charge in [-0.15, -0.1) is 0 Å². The van der Waals surface area contributed by atoms with E-state index in [1.165, 1.54) is 0 Å². The summed E-state index contributed by atoms with van der Waals surface area (Å²) in [5.41, 5.74) is 0.506. The van der Waals surface area contributed by atoms with Crippen LogP contribution in [0.3, 0.4) is 0 Å². The average molecular weight is 329 g/mol. The molecule has 0 saturated carbocycles. The van der Waals surface area contributed by atoms with Gasteiger partial charge in [-0.1, -0.05) is 36.2 Å². The van der Waals surface area contributed by atoms with Gasteiger partial charge >= 0.3 is 0 Å². The van der Waals surface area contributed by atoms with Crippen molar-refractivity contribution in [3.63, 3.8) is 0 Å². The predicted molar refractivity (Wildman–Crippen MR) is 88.3 cm³/mol. The summed E-state index contributed by atoms with van der Waals surface area (Å²) >= 11 is 12.2. The van der Waals surface area contributed by atoms with Gasteiger partial charge in [0.15, 0.2) is 0 Å². The Bertz CT molecular complexity index is 487. The summed E-state index contributed by atoms with van der Waals surface area (Å²) in [6, 6.07) is 5.23. The van der Waals surface area contributed by atoms with E-state index in [4.69, 9.17) is 23.2 Å².